The number of fused-ring (bicyclic) bond motifs is 1. The van der Waals surface area contributed by atoms with Gasteiger partial charge in [0.1, 0.15) is 23.7 Å². The van der Waals surface area contributed by atoms with Gasteiger partial charge in [-0.05, 0) is 42.8 Å². The monoisotopic (exact) mass is 430 g/mol. The van der Waals surface area contributed by atoms with E-state index >= 15 is 0 Å². The summed E-state index contributed by atoms with van der Waals surface area (Å²) in [6.45, 7) is 2.27. The Labute approximate surface area is 182 Å². The molecule has 0 atom stereocenters. The van der Waals surface area contributed by atoms with E-state index in [0.29, 0.717) is 27.9 Å². The number of ether oxygens (including phenoxy) is 1. The highest BCUT2D eigenvalue weighted by Gasteiger charge is 2.16. The van der Waals surface area contributed by atoms with Crippen LogP contribution in [0.3, 0.4) is 0 Å². The van der Waals surface area contributed by atoms with E-state index in [1.807, 2.05) is 53.4 Å². The zero-order valence-corrected chi connectivity index (χ0v) is 17.4. The third-order valence-electron chi connectivity index (χ3n) is 4.73. The normalized spacial score (nSPS) is 11.0. The number of nitrogens with one attached hydrogen (secondary N) is 1. The summed E-state index contributed by atoms with van der Waals surface area (Å²) in [5.74, 6) is 0.849. The molecule has 1 aromatic carbocycles. The molecule has 0 bridgehead atoms. The predicted molar refractivity (Wildman–Crippen MR) is 118 cm³/mol. The van der Waals surface area contributed by atoms with Gasteiger partial charge in [-0.15, -0.1) is 11.3 Å². The summed E-state index contributed by atoms with van der Waals surface area (Å²) in [5, 5.41) is 5.16. The average molecular weight is 430 g/mol. The van der Waals surface area contributed by atoms with E-state index < -0.39 is 0 Å². The third kappa shape index (κ3) is 3.93. The second kappa shape index (κ2) is 8.08. The lowest BCUT2D eigenvalue weighted by Crippen LogP contribution is -2.13. The van der Waals surface area contributed by atoms with Crippen LogP contribution in [0.15, 0.2) is 77.0 Å². The van der Waals surface area contributed by atoms with Gasteiger partial charge in [-0.25, -0.2) is 9.97 Å². The Kier molecular flexibility index (Phi) is 4.97. The quantitative estimate of drug-likeness (QED) is 0.401. The van der Waals surface area contributed by atoms with Crippen molar-refractivity contribution in [1.29, 1.82) is 0 Å². The van der Waals surface area contributed by atoms with Crippen molar-refractivity contribution in [3.63, 3.8) is 0 Å². The minimum absolute atomic E-state index is 0.255. The number of amides is 1. The number of furan rings is 1. The second-order valence-corrected chi connectivity index (χ2v) is 7.77. The van der Waals surface area contributed by atoms with Gasteiger partial charge in [-0.2, -0.15) is 0 Å². The molecule has 1 amide bonds. The highest BCUT2D eigenvalue weighted by Crippen LogP contribution is 2.27. The molecule has 5 rings (SSSR count). The minimum Gasteiger partial charge on any atom is -0.486 e. The predicted octanol–water partition coefficient (Wildman–Crippen LogP) is 5.19. The maximum absolute atomic E-state index is 12.9. The summed E-state index contributed by atoms with van der Waals surface area (Å²) in [6, 6.07) is 14.7. The lowest BCUT2D eigenvalue weighted by Gasteiger charge is -2.09. The van der Waals surface area contributed by atoms with E-state index in [2.05, 4.69) is 15.3 Å². The molecule has 0 spiro atoms. The van der Waals surface area contributed by atoms with Crippen LogP contribution < -0.4 is 10.1 Å². The molecule has 1 N–H and O–H groups in total. The van der Waals surface area contributed by atoms with Crippen LogP contribution in [0.2, 0.25) is 0 Å². The van der Waals surface area contributed by atoms with Crippen molar-refractivity contribution in [2.45, 2.75) is 13.5 Å². The molecule has 154 valence electrons. The van der Waals surface area contributed by atoms with Crippen LogP contribution in [0, 0.1) is 6.92 Å². The van der Waals surface area contributed by atoms with Gasteiger partial charge in [0.05, 0.1) is 17.5 Å². The lowest BCUT2D eigenvalue weighted by atomic mass is 10.2. The molecule has 7 nitrogen and oxygen atoms in total. The largest absolute Gasteiger partial charge is 0.486 e. The first-order valence-electron chi connectivity index (χ1n) is 9.63. The number of hydrogen-bond donors (Lipinski definition) is 1. The number of imidazole rings is 1. The summed E-state index contributed by atoms with van der Waals surface area (Å²) >= 11 is 1.33. The Balaban J connectivity index is 1.31. The Bertz CT molecular complexity index is 1350. The molecule has 0 saturated carbocycles. The van der Waals surface area contributed by atoms with E-state index in [1.54, 1.807) is 30.5 Å². The van der Waals surface area contributed by atoms with Crippen LogP contribution >= 0.6 is 11.3 Å². The van der Waals surface area contributed by atoms with Gasteiger partial charge in [0, 0.05) is 17.8 Å². The Morgan fingerprint density at radius 1 is 1.16 bits per heavy atom. The van der Waals surface area contributed by atoms with Crippen LogP contribution in [0.4, 0.5) is 5.13 Å². The zero-order valence-electron chi connectivity index (χ0n) is 16.6. The first-order chi connectivity index (χ1) is 15.2. The van der Waals surface area contributed by atoms with Crippen molar-refractivity contribution in [1.82, 2.24) is 14.4 Å². The molecular formula is C23H18N4O3S. The minimum atomic E-state index is -0.290. The molecule has 4 heterocycles. The molecule has 5 aromatic rings. The van der Waals surface area contributed by atoms with Crippen LogP contribution in [0.25, 0.3) is 17.1 Å². The number of hydrogen-bond acceptors (Lipinski definition) is 6. The number of nitrogens with zero attached hydrogens (tertiary/aromatic N) is 3. The number of anilines is 1. The summed E-state index contributed by atoms with van der Waals surface area (Å²) in [5.41, 5.74) is 3.87. The van der Waals surface area contributed by atoms with Crippen molar-refractivity contribution in [3.8, 4) is 17.2 Å². The summed E-state index contributed by atoms with van der Waals surface area (Å²) < 4.78 is 13.3. The number of rotatable bonds is 6. The van der Waals surface area contributed by atoms with Crippen LogP contribution in [0.5, 0.6) is 5.75 Å². The highest BCUT2D eigenvalue weighted by atomic mass is 32.1. The molecule has 0 saturated heterocycles. The fraction of sp³-hybridized carbons (Fsp3) is 0.0870. The van der Waals surface area contributed by atoms with Crippen LogP contribution in [0.1, 0.15) is 21.6 Å². The second-order valence-electron chi connectivity index (χ2n) is 6.91. The Morgan fingerprint density at radius 2 is 2.06 bits per heavy atom. The number of aromatic nitrogens is 3. The van der Waals surface area contributed by atoms with Crippen molar-refractivity contribution < 1.29 is 13.9 Å². The van der Waals surface area contributed by atoms with Crippen LogP contribution in [-0.2, 0) is 6.61 Å². The molecule has 0 aliphatic rings. The molecule has 8 heteroatoms. The van der Waals surface area contributed by atoms with E-state index in [4.69, 9.17) is 9.15 Å². The molecule has 4 aromatic heterocycles. The molecule has 0 radical (unpaired) electrons. The number of para-hydroxylation sites is 1. The fourth-order valence-electron chi connectivity index (χ4n) is 3.24. The van der Waals surface area contributed by atoms with Gasteiger partial charge in [0.2, 0.25) is 0 Å². The summed E-state index contributed by atoms with van der Waals surface area (Å²) in [6.07, 6.45) is 5.47. The van der Waals surface area contributed by atoms with Gasteiger partial charge >= 0.3 is 0 Å². The molecular weight excluding hydrogens is 412 g/mol. The first-order valence-corrected chi connectivity index (χ1v) is 10.5. The molecule has 31 heavy (non-hydrogen) atoms. The molecule has 0 aliphatic carbocycles. The average Bonchev–Trinajstić information content (AvgIpc) is 3.53. The van der Waals surface area contributed by atoms with Crippen molar-refractivity contribution >= 4 is 28.0 Å². The number of carbonyl (C=O) groups is 1. The number of carbonyl (C=O) groups excluding carboxylic acids is 1. The maximum atomic E-state index is 12.9. The first kappa shape index (κ1) is 19.1. The van der Waals surface area contributed by atoms with E-state index in [-0.39, 0.29) is 12.5 Å². The Hall–Kier alpha value is -3.91. The number of aryl methyl sites for hydroxylation is 1. The smallest absolute Gasteiger partial charge is 0.261 e. The van der Waals surface area contributed by atoms with Gasteiger partial charge in [-0.3, -0.25) is 10.1 Å². The van der Waals surface area contributed by atoms with Crippen molar-refractivity contribution in [2.24, 2.45) is 0 Å². The zero-order chi connectivity index (χ0) is 21.2. The standard InChI is InChI=1S/C23H18N4O3S/c1-15-6-4-10-27-12-16(24-21(15)27)13-30-19-8-3-2-7-17(19)22(28)26-23-25-18(14-31-23)20-9-5-11-29-20/h2-12,14H,13H2,1H3,(H,25,26,28). The Morgan fingerprint density at radius 3 is 2.90 bits per heavy atom. The van der Waals surface area contributed by atoms with E-state index in [0.717, 1.165) is 16.9 Å². The van der Waals surface area contributed by atoms with Crippen LogP contribution in [-0.4, -0.2) is 20.3 Å². The van der Waals surface area contributed by atoms with Gasteiger partial charge in [0.15, 0.2) is 10.9 Å². The fourth-order valence-corrected chi connectivity index (χ4v) is 3.93. The molecule has 0 aliphatic heterocycles. The topological polar surface area (TPSA) is 81.7 Å². The maximum Gasteiger partial charge on any atom is 0.261 e. The molecule has 0 unspecified atom stereocenters. The number of benzene rings is 1. The summed E-state index contributed by atoms with van der Waals surface area (Å²) in [4.78, 5) is 21.9. The third-order valence-corrected chi connectivity index (χ3v) is 5.49. The van der Waals surface area contributed by atoms with E-state index in [1.165, 1.54) is 11.3 Å². The van der Waals surface area contributed by atoms with Gasteiger partial charge in [0.25, 0.3) is 5.91 Å². The van der Waals surface area contributed by atoms with Crippen molar-refractivity contribution in [3.05, 3.63) is 89.4 Å². The summed E-state index contributed by atoms with van der Waals surface area (Å²) in [7, 11) is 0. The van der Waals surface area contributed by atoms with Gasteiger partial charge in [-0.1, -0.05) is 18.2 Å². The van der Waals surface area contributed by atoms with Crippen molar-refractivity contribution in [2.75, 3.05) is 5.32 Å². The number of pyridine rings is 1. The SMILES string of the molecule is Cc1cccn2cc(COc3ccccc3C(=O)Nc3nc(-c4ccco4)cs3)nc12. The molecule has 0 fully saturated rings. The van der Waals surface area contributed by atoms with Gasteiger partial charge < -0.3 is 13.6 Å². The number of thiazole rings is 1. The van der Waals surface area contributed by atoms with E-state index in [9.17, 15) is 4.79 Å². The highest BCUT2D eigenvalue weighted by molar-refractivity contribution is 7.14. The lowest BCUT2D eigenvalue weighted by molar-refractivity contribution is 0.102.